The van der Waals surface area contributed by atoms with Crippen molar-refractivity contribution in [3.63, 3.8) is 0 Å². The summed E-state index contributed by atoms with van der Waals surface area (Å²) < 4.78 is 4.91. The molecule has 0 aliphatic carbocycles. The standard InChI is InChI=1S/C11H14N2O4/c1-3-5(2)7-10(14)12-6-4-17-9(11(15)16)8(6)13-7/h4-5,7,13H,3H2,1-2H3,(H,12,14)(H,15,16)/t5-,7-/m0/s1. The van der Waals surface area contributed by atoms with E-state index in [-0.39, 0.29) is 17.6 Å². The molecule has 0 spiro atoms. The number of carbonyl (C=O) groups excluding carboxylic acids is 1. The van der Waals surface area contributed by atoms with Crippen molar-refractivity contribution in [2.45, 2.75) is 26.3 Å². The second-order valence-corrected chi connectivity index (χ2v) is 4.16. The van der Waals surface area contributed by atoms with E-state index in [0.29, 0.717) is 11.4 Å². The van der Waals surface area contributed by atoms with Crippen molar-refractivity contribution in [3.05, 3.63) is 12.0 Å². The molecule has 0 saturated carbocycles. The summed E-state index contributed by atoms with van der Waals surface area (Å²) in [5.74, 6) is -1.38. The highest BCUT2D eigenvalue weighted by molar-refractivity contribution is 6.07. The minimum absolute atomic E-state index is 0.111. The second-order valence-electron chi connectivity index (χ2n) is 4.16. The van der Waals surface area contributed by atoms with Crippen molar-refractivity contribution in [2.75, 3.05) is 10.6 Å². The average molecular weight is 238 g/mol. The zero-order valence-electron chi connectivity index (χ0n) is 9.61. The van der Waals surface area contributed by atoms with Crippen LogP contribution in [0.3, 0.4) is 0 Å². The number of aromatic carboxylic acids is 1. The monoisotopic (exact) mass is 238 g/mol. The Morgan fingerprint density at radius 3 is 2.94 bits per heavy atom. The van der Waals surface area contributed by atoms with Crippen molar-refractivity contribution in [3.8, 4) is 0 Å². The predicted molar refractivity (Wildman–Crippen MR) is 61.2 cm³/mol. The van der Waals surface area contributed by atoms with E-state index in [1.807, 2.05) is 13.8 Å². The lowest BCUT2D eigenvalue weighted by molar-refractivity contribution is -0.118. The van der Waals surface area contributed by atoms with Crippen LogP contribution >= 0.6 is 0 Å². The van der Waals surface area contributed by atoms with Gasteiger partial charge in [-0.05, 0) is 5.92 Å². The van der Waals surface area contributed by atoms with Crippen LogP contribution in [0.2, 0.25) is 0 Å². The molecule has 0 bridgehead atoms. The molecule has 2 atom stereocenters. The third-order valence-electron chi connectivity index (χ3n) is 3.04. The van der Waals surface area contributed by atoms with Gasteiger partial charge in [0.1, 0.15) is 23.7 Å². The first-order valence-electron chi connectivity index (χ1n) is 5.46. The molecule has 0 unspecified atom stereocenters. The topological polar surface area (TPSA) is 91.6 Å². The number of amides is 1. The molecule has 1 aromatic rings. The number of hydrogen-bond donors (Lipinski definition) is 3. The van der Waals surface area contributed by atoms with Gasteiger partial charge in [-0.3, -0.25) is 4.79 Å². The minimum atomic E-state index is -1.15. The molecule has 1 aliphatic heterocycles. The Labute approximate surface area is 98.0 Å². The lowest BCUT2D eigenvalue weighted by Crippen LogP contribution is -2.43. The summed E-state index contributed by atoms with van der Waals surface area (Å²) >= 11 is 0. The summed E-state index contributed by atoms with van der Waals surface area (Å²) in [7, 11) is 0. The molecular formula is C11H14N2O4. The summed E-state index contributed by atoms with van der Waals surface area (Å²) in [6.45, 7) is 3.91. The number of rotatable bonds is 3. The Kier molecular flexibility index (Phi) is 2.79. The first-order chi connectivity index (χ1) is 8.04. The first kappa shape index (κ1) is 11.5. The highest BCUT2D eigenvalue weighted by Gasteiger charge is 2.33. The zero-order valence-corrected chi connectivity index (χ0v) is 9.61. The van der Waals surface area contributed by atoms with Gasteiger partial charge in [0.25, 0.3) is 0 Å². The molecule has 0 fully saturated rings. The summed E-state index contributed by atoms with van der Waals surface area (Å²) in [5.41, 5.74) is 0.731. The Hall–Kier alpha value is -1.98. The fourth-order valence-electron chi connectivity index (χ4n) is 1.82. The summed E-state index contributed by atoms with van der Waals surface area (Å²) in [4.78, 5) is 22.7. The van der Waals surface area contributed by atoms with Crippen molar-refractivity contribution < 1.29 is 19.1 Å². The van der Waals surface area contributed by atoms with E-state index in [1.54, 1.807) is 0 Å². The highest BCUT2D eigenvalue weighted by Crippen LogP contribution is 2.34. The van der Waals surface area contributed by atoms with Crippen molar-refractivity contribution in [2.24, 2.45) is 5.92 Å². The number of carboxylic acid groups (broad SMARTS) is 1. The van der Waals surface area contributed by atoms with Crippen LogP contribution in [0.25, 0.3) is 0 Å². The number of anilines is 2. The van der Waals surface area contributed by atoms with E-state index in [0.717, 1.165) is 6.42 Å². The molecule has 0 aromatic carbocycles. The largest absolute Gasteiger partial charge is 0.475 e. The Balaban J connectivity index is 2.34. The smallest absolute Gasteiger partial charge is 0.374 e. The third kappa shape index (κ3) is 1.86. The van der Waals surface area contributed by atoms with Crippen molar-refractivity contribution >= 4 is 23.3 Å². The van der Waals surface area contributed by atoms with Gasteiger partial charge >= 0.3 is 5.97 Å². The Morgan fingerprint density at radius 2 is 2.35 bits per heavy atom. The van der Waals surface area contributed by atoms with Crippen LogP contribution in [0.15, 0.2) is 10.7 Å². The van der Waals surface area contributed by atoms with E-state index in [4.69, 9.17) is 9.52 Å². The number of fused-ring (bicyclic) bond motifs is 1. The third-order valence-corrected chi connectivity index (χ3v) is 3.04. The van der Waals surface area contributed by atoms with Gasteiger partial charge in [0, 0.05) is 0 Å². The Bertz CT molecular complexity index is 466. The van der Waals surface area contributed by atoms with Crippen LogP contribution in [-0.2, 0) is 4.79 Å². The van der Waals surface area contributed by atoms with Gasteiger partial charge in [-0.25, -0.2) is 4.79 Å². The van der Waals surface area contributed by atoms with Gasteiger partial charge in [-0.1, -0.05) is 20.3 Å². The molecule has 1 aliphatic rings. The predicted octanol–water partition coefficient (Wildman–Crippen LogP) is 1.76. The molecule has 3 N–H and O–H groups in total. The quantitative estimate of drug-likeness (QED) is 0.746. The van der Waals surface area contributed by atoms with Gasteiger partial charge in [-0.2, -0.15) is 0 Å². The fraction of sp³-hybridized carbons (Fsp3) is 0.455. The molecule has 1 amide bonds. The summed E-state index contributed by atoms with van der Waals surface area (Å²) in [6.07, 6.45) is 2.05. The number of hydrogen-bond acceptors (Lipinski definition) is 4. The van der Waals surface area contributed by atoms with E-state index in [1.165, 1.54) is 6.26 Å². The SMILES string of the molecule is CC[C@H](C)[C@@H]1Nc2c(coc2C(=O)O)NC1=O. The fourth-order valence-corrected chi connectivity index (χ4v) is 1.82. The molecule has 0 saturated heterocycles. The van der Waals surface area contributed by atoms with Gasteiger partial charge < -0.3 is 20.2 Å². The zero-order chi connectivity index (χ0) is 12.6. The van der Waals surface area contributed by atoms with E-state index >= 15 is 0 Å². The lowest BCUT2D eigenvalue weighted by atomic mass is 9.96. The summed E-state index contributed by atoms with van der Waals surface area (Å²) in [5, 5.41) is 14.5. The van der Waals surface area contributed by atoms with Crippen LogP contribution in [0.4, 0.5) is 11.4 Å². The molecule has 92 valence electrons. The first-order valence-corrected chi connectivity index (χ1v) is 5.46. The van der Waals surface area contributed by atoms with Gasteiger partial charge in [0.05, 0.1) is 0 Å². The molecule has 17 heavy (non-hydrogen) atoms. The molecule has 0 radical (unpaired) electrons. The van der Waals surface area contributed by atoms with Gasteiger partial charge in [-0.15, -0.1) is 0 Å². The summed E-state index contributed by atoms with van der Waals surface area (Å²) in [6, 6.07) is -0.428. The number of furan rings is 1. The van der Waals surface area contributed by atoms with Gasteiger partial charge in [0.15, 0.2) is 0 Å². The highest BCUT2D eigenvalue weighted by atomic mass is 16.4. The number of carbonyl (C=O) groups is 2. The molecule has 1 aromatic heterocycles. The van der Waals surface area contributed by atoms with Crippen LogP contribution in [0.5, 0.6) is 0 Å². The van der Waals surface area contributed by atoms with Crippen LogP contribution in [0, 0.1) is 5.92 Å². The molecule has 6 nitrogen and oxygen atoms in total. The molecular weight excluding hydrogens is 224 g/mol. The van der Waals surface area contributed by atoms with E-state index < -0.39 is 12.0 Å². The average Bonchev–Trinajstić information content (AvgIpc) is 2.69. The number of nitrogens with one attached hydrogen (secondary N) is 2. The maximum Gasteiger partial charge on any atom is 0.374 e. The van der Waals surface area contributed by atoms with Crippen LogP contribution < -0.4 is 10.6 Å². The van der Waals surface area contributed by atoms with E-state index in [9.17, 15) is 9.59 Å². The Morgan fingerprint density at radius 1 is 1.65 bits per heavy atom. The second kappa shape index (κ2) is 4.12. The maximum absolute atomic E-state index is 11.8. The maximum atomic E-state index is 11.8. The lowest BCUT2D eigenvalue weighted by Gasteiger charge is -2.28. The number of carboxylic acids is 1. The van der Waals surface area contributed by atoms with Crippen molar-refractivity contribution in [1.82, 2.24) is 0 Å². The normalized spacial score (nSPS) is 20.1. The van der Waals surface area contributed by atoms with Gasteiger partial charge in [0.2, 0.25) is 11.7 Å². The van der Waals surface area contributed by atoms with Crippen molar-refractivity contribution in [1.29, 1.82) is 0 Å². The molecule has 2 rings (SSSR count). The van der Waals surface area contributed by atoms with Crippen LogP contribution in [-0.4, -0.2) is 23.0 Å². The van der Waals surface area contributed by atoms with E-state index in [2.05, 4.69) is 10.6 Å². The van der Waals surface area contributed by atoms with Crippen LogP contribution in [0.1, 0.15) is 30.8 Å². The molecule has 6 heteroatoms. The minimum Gasteiger partial charge on any atom is -0.475 e. The molecule has 2 heterocycles.